The Balaban J connectivity index is 2.68. The molecule has 15 heavy (non-hydrogen) atoms. The molecule has 1 aliphatic rings. The first-order valence-corrected chi connectivity index (χ1v) is 4.81. The highest BCUT2D eigenvalue weighted by molar-refractivity contribution is 6.06. The van der Waals surface area contributed by atoms with Crippen LogP contribution in [0.3, 0.4) is 0 Å². The van der Waals surface area contributed by atoms with E-state index in [1.165, 1.54) is 12.1 Å². The first-order chi connectivity index (χ1) is 6.96. The highest BCUT2D eigenvalue weighted by Crippen LogP contribution is 2.39. The summed E-state index contributed by atoms with van der Waals surface area (Å²) in [5.74, 6) is -0.462. The number of carbonyl (C=O) groups excluding carboxylic acids is 1. The zero-order valence-corrected chi connectivity index (χ0v) is 8.73. The highest BCUT2D eigenvalue weighted by Gasteiger charge is 2.39. The van der Waals surface area contributed by atoms with E-state index in [4.69, 9.17) is 5.73 Å². The standard InChI is InChI=1S/C11H13FN2O/c1-11(2)8-4-7(12)3-6(5-13)9(8)14-10(11)15/h3-4H,5,13H2,1-2H3,(H,14,15). The Hall–Kier alpha value is -1.42. The van der Waals surface area contributed by atoms with Gasteiger partial charge in [0.1, 0.15) is 5.82 Å². The van der Waals surface area contributed by atoms with Crippen LogP contribution in [0.15, 0.2) is 12.1 Å². The fourth-order valence-electron chi connectivity index (χ4n) is 1.86. The molecule has 0 aromatic heterocycles. The van der Waals surface area contributed by atoms with Gasteiger partial charge in [0, 0.05) is 12.2 Å². The van der Waals surface area contributed by atoms with Crippen molar-refractivity contribution in [2.75, 3.05) is 5.32 Å². The van der Waals surface area contributed by atoms with Crippen LogP contribution < -0.4 is 11.1 Å². The topological polar surface area (TPSA) is 55.1 Å². The molecule has 3 nitrogen and oxygen atoms in total. The minimum Gasteiger partial charge on any atom is -0.326 e. The van der Waals surface area contributed by atoms with E-state index in [0.717, 1.165) is 0 Å². The van der Waals surface area contributed by atoms with Crippen molar-refractivity contribution in [1.29, 1.82) is 0 Å². The van der Waals surface area contributed by atoms with Crippen molar-refractivity contribution in [2.24, 2.45) is 5.73 Å². The van der Waals surface area contributed by atoms with Gasteiger partial charge in [-0.05, 0) is 37.1 Å². The fourth-order valence-corrected chi connectivity index (χ4v) is 1.86. The first kappa shape index (κ1) is 10.1. The van der Waals surface area contributed by atoms with Crippen LogP contribution in [0.4, 0.5) is 10.1 Å². The van der Waals surface area contributed by atoms with E-state index in [-0.39, 0.29) is 18.3 Å². The molecule has 0 saturated heterocycles. The third-order valence-electron chi connectivity index (χ3n) is 2.88. The van der Waals surface area contributed by atoms with Crippen LogP contribution in [0.2, 0.25) is 0 Å². The second-order valence-corrected chi connectivity index (χ2v) is 4.27. The lowest BCUT2D eigenvalue weighted by Gasteiger charge is -2.15. The molecule has 1 aromatic rings. The SMILES string of the molecule is CC1(C)C(=O)Nc2c(CN)cc(F)cc21. The number of hydrogen-bond donors (Lipinski definition) is 2. The highest BCUT2D eigenvalue weighted by atomic mass is 19.1. The van der Waals surface area contributed by atoms with Crippen molar-refractivity contribution in [2.45, 2.75) is 25.8 Å². The van der Waals surface area contributed by atoms with E-state index in [1.807, 2.05) is 0 Å². The Morgan fingerprint density at radius 3 is 2.73 bits per heavy atom. The molecule has 4 heteroatoms. The number of nitrogens with one attached hydrogen (secondary N) is 1. The monoisotopic (exact) mass is 208 g/mol. The summed E-state index contributed by atoms with van der Waals surface area (Å²) in [7, 11) is 0. The molecule has 0 atom stereocenters. The molecule has 1 aromatic carbocycles. The number of anilines is 1. The largest absolute Gasteiger partial charge is 0.326 e. The maximum Gasteiger partial charge on any atom is 0.234 e. The molecule has 0 fully saturated rings. The van der Waals surface area contributed by atoms with Gasteiger partial charge < -0.3 is 11.1 Å². The quantitative estimate of drug-likeness (QED) is 0.735. The number of carbonyl (C=O) groups is 1. The maximum atomic E-state index is 13.3. The minimum absolute atomic E-state index is 0.113. The van der Waals surface area contributed by atoms with E-state index < -0.39 is 5.41 Å². The van der Waals surface area contributed by atoms with E-state index in [0.29, 0.717) is 16.8 Å². The normalized spacial score (nSPS) is 17.5. The smallest absolute Gasteiger partial charge is 0.234 e. The molecular formula is C11H13FN2O. The van der Waals surface area contributed by atoms with Crippen LogP contribution in [0.1, 0.15) is 25.0 Å². The molecule has 0 spiro atoms. The van der Waals surface area contributed by atoms with Crippen molar-refractivity contribution < 1.29 is 9.18 Å². The molecule has 80 valence electrons. The molecule has 2 rings (SSSR count). The maximum absolute atomic E-state index is 13.3. The summed E-state index contributed by atoms with van der Waals surface area (Å²) in [4.78, 5) is 11.7. The first-order valence-electron chi connectivity index (χ1n) is 4.81. The van der Waals surface area contributed by atoms with Gasteiger partial charge in [-0.3, -0.25) is 4.79 Å². The van der Waals surface area contributed by atoms with Gasteiger partial charge in [-0.1, -0.05) is 0 Å². The second kappa shape index (κ2) is 3.03. The Morgan fingerprint density at radius 2 is 2.13 bits per heavy atom. The van der Waals surface area contributed by atoms with Crippen LogP contribution in [-0.4, -0.2) is 5.91 Å². The molecule has 0 saturated carbocycles. The predicted octanol–water partition coefficient (Wildman–Crippen LogP) is 1.51. The third-order valence-corrected chi connectivity index (χ3v) is 2.88. The molecule has 0 aliphatic carbocycles. The Labute approximate surface area is 87.5 Å². The van der Waals surface area contributed by atoms with Gasteiger partial charge in [0.05, 0.1) is 5.41 Å². The molecule has 0 radical (unpaired) electrons. The summed E-state index contributed by atoms with van der Waals surface area (Å²) in [6.07, 6.45) is 0. The van der Waals surface area contributed by atoms with Gasteiger partial charge in [-0.25, -0.2) is 4.39 Å². The Bertz CT molecular complexity index is 440. The second-order valence-electron chi connectivity index (χ2n) is 4.27. The number of benzene rings is 1. The van der Waals surface area contributed by atoms with Crippen molar-refractivity contribution in [1.82, 2.24) is 0 Å². The minimum atomic E-state index is -0.679. The van der Waals surface area contributed by atoms with Gasteiger partial charge in [-0.15, -0.1) is 0 Å². The molecule has 1 aliphatic heterocycles. The fraction of sp³-hybridized carbons (Fsp3) is 0.364. The summed E-state index contributed by atoms with van der Waals surface area (Å²) < 4.78 is 13.3. The van der Waals surface area contributed by atoms with E-state index >= 15 is 0 Å². The van der Waals surface area contributed by atoms with Crippen LogP contribution in [0.5, 0.6) is 0 Å². The average molecular weight is 208 g/mol. The molecular weight excluding hydrogens is 195 g/mol. The number of amides is 1. The van der Waals surface area contributed by atoms with Crippen LogP contribution >= 0.6 is 0 Å². The summed E-state index contributed by atoms with van der Waals surface area (Å²) in [6, 6.07) is 2.76. The summed E-state index contributed by atoms with van der Waals surface area (Å²) >= 11 is 0. The predicted molar refractivity (Wildman–Crippen MR) is 55.9 cm³/mol. The van der Waals surface area contributed by atoms with Crippen LogP contribution in [0.25, 0.3) is 0 Å². The summed E-state index contributed by atoms with van der Waals surface area (Å²) in [5.41, 5.74) is 6.83. The third kappa shape index (κ3) is 1.33. The van der Waals surface area contributed by atoms with Gasteiger partial charge in [0.15, 0.2) is 0 Å². The molecule has 1 heterocycles. The number of fused-ring (bicyclic) bond motifs is 1. The lowest BCUT2D eigenvalue weighted by Crippen LogP contribution is -2.26. The van der Waals surface area contributed by atoms with E-state index in [2.05, 4.69) is 5.32 Å². The van der Waals surface area contributed by atoms with Gasteiger partial charge in [0.2, 0.25) is 5.91 Å². The van der Waals surface area contributed by atoms with Crippen molar-refractivity contribution >= 4 is 11.6 Å². The molecule has 0 unspecified atom stereocenters. The van der Waals surface area contributed by atoms with Crippen molar-refractivity contribution in [3.05, 3.63) is 29.1 Å². The Kier molecular flexibility index (Phi) is 2.04. The van der Waals surface area contributed by atoms with E-state index in [9.17, 15) is 9.18 Å². The van der Waals surface area contributed by atoms with Crippen molar-refractivity contribution in [3.8, 4) is 0 Å². The number of nitrogens with two attached hydrogens (primary N) is 1. The van der Waals surface area contributed by atoms with Gasteiger partial charge in [0.25, 0.3) is 0 Å². The molecule has 1 amide bonds. The van der Waals surface area contributed by atoms with Crippen LogP contribution in [0, 0.1) is 5.82 Å². The number of rotatable bonds is 1. The average Bonchev–Trinajstić information content (AvgIpc) is 2.39. The zero-order chi connectivity index (χ0) is 11.2. The number of halogens is 1. The van der Waals surface area contributed by atoms with Gasteiger partial charge >= 0.3 is 0 Å². The van der Waals surface area contributed by atoms with E-state index in [1.54, 1.807) is 13.8 Å². The van der Waals surface area contributed by atoms with Gasteiger partial charge in [-0.2, -0.15) is 0 Å². The molecule has 3 N–H and O–H groups in total. The lowest BCUT2D eigenvalue weighted by atomic mass is 9.85. The summed E-state index contributed by atoms with van der Waals surface area (Å²) in [6.45, 7) is 3.76. The Morgan fingerprint density at radius 1 is 1.47 bits per heavy atom. The van der Waals surface area contributed by atoms with Crippen LogP contribution in [-0.2, 0) is 16.8 Å². The van der Waals surface area contributed by atoms with Crippen molar-refractivity contribution in [3.63, 3.8) is 0 Å². The number of hydrogen-bond acceptors (Lipinski definition) is 2. The summed E-state index contributed by atoms with van der Waals surface area (Å²) in [5, 5.41) is 2.75. The zero-order valence-electron chi connectivity index (χ0n) is 8.73. The lowest BCUT2D eigenvalue weighted by molar-refractivity contribution is -0.119. The molecule has 0 bridgehead atoms.